The topological polar surface area (TPSA) is 38.9 Å². The Kier molecular flexibility index (Phi) is 4.22. The van der Waals surface area contributed by atoms with Crippen molar-refractivity contribution in [3.8, 4) is 11.4 Å². The van der Waals surface area contributed by atoms with Crippen molar-refractivity contribution in [2.24, 2.45) is 0 Å². The minimum absolute atomic E-state index is 0.168. The van der Waals surface area contributed by atoms with E-state index in [2.05, 4.69) is 10.1 Å². The van der Waals surface area contributed by atoms with E-state index in [4.69, 9.17) is 27.7 Å². The van der Waals surface area contributed by atoms with Crippen LogP contribution in [0.15, 0.2) is 53.1 Å². The zero-order valence-corrected chi connectivity index (χ0v) is 12.6. The predicted molar refractivity (Wildman–Crippen MR) is 84.9 cm³/mol. The SMILES string of the molecule is Fc1ccc(/C=C(\Cl)c2nc(-c3ccccc3Cl)no2)cc1. The van der Waals surface area contributed by atoms with Gasteiger partial charge >= 0.3 is 0 Å². The average molecular weight is 335 g/mol. The average Bonchev–Trinajstić information content (AvgIpc) is 3.00. The van der Waals surface area contributed by atoms with Gasteiger partial charge in [-0.25, -0.2) is 4.39 Å². The molecular formula is C16H9Cl2FN2O. The summed E-state index contributed by atoms with van der Waals surface area (Å²) in [5.74, 6) is 0.208. The van der Waals surface area contributed by atoms with Gasteiger partial charge in [-0.15, -0.1) is 0 Å². The maximum Gasteiger partial charge on any atom is 0.269 e. The molecule has 0 aliphatic rings. The Labute approximate surface area is 136 Å². The summed E-state index contributed by atoms with van der Waals surface area (Å²) in [6.07, 6.45) is 1.62. The Morgan fingerprint density at radius 1 is 1.09 bits per heavy atom. The second-order valence-electron chi connectivity index (χ2n) is 4.45. The van der Waals surface area contributed by atoms with Gasteiger partial charge in [-0.2, -0.15) is 4.98 Å². The summed E-state index contributed by atoms with van der Waals surface area (Å²) in [6, 6.07) is 13.1. The Morgan fingerprint density at radius 2 is 1.82 bits per heavy atom. The maximum absolute atomic E-state index is 12.9. The summed E-state index contributed by atoms with van der Waals surface area (Å²) < 4.78 is 18.0. The molecule has 0 bridgehead atoms. The fourth-order valence-corrected chi connectivity index (χ4v) is 2.26. The number of halogens is 3. The van der Waals surface area contributed by atoms with Gasteiger partial charge in [0.05, 0.1) is 5.02 Å². The molecule has 110 valence electrons. The molecule has 1 aromatic heterocycles. The molecule has 3 rings (SSSR count). The van der Waals surface area contributed by atoms with Crippen molar-refractivity contribution >= 4 is 34.3 Å². The van der Waals surface area contributed by atoms with Crippen LogP contribution in [0.5, 0.6) is 0 Å². The highest BCUT2D eigenvalue weighted by Gasteiger charge is 2.13. The lowest BCUT2D eigenvalue weighted by atomic mass is 10.2. The van der Waals surface area contributed by atoms with E-state index < -0.39 is 0 Å². The monoisotopic (exact) mass is 334 g/mol. The Bertz CT molecular complexity index is 828. The van der Waals surface area contributed by atoms with Crippen LogP contribution in [-0.4, -0.2) is 10.1 Å². The highest BCUT2D eigenvalue weighted by atomic mass is 35.5. The summed E-state index contributed by atoms with van der Waals surface area (Å²) in [5, 5.41) is 4.65. The van der Waals surface area contributed by atoms with Crippen LogP contribution in [-0.2, 0) is 0 Å². The molecule has 0 aliphatic heterocycles. The van der Waals surface area contributed by atoms with Gasteiger partial charge < -0.3 is 4.52 Å². The Hall–Kier alpha value is -2.17. The molecule has 22 heavy (non-hydrogen) atoms. The molecule has 0 radical (unpaired) electrons. The van der Waals surface area contributed by atoms with Crippen molar-refractivity contribution in [3.05, 3.63) is 70.8 Å². The van der Waals surface area contributed by atoms with Crippen LogP contribution >= 0.6 is 23.2 Å². The lowest BCUT2D eigenvalue weighted by Crippen LogP contribution is -1.83. The Morgan fingerprint density at radius 3 is 2.55 bits per heavy atom. The third kappa shape index (κ3) is 3.18. The van der Waals surface area contributed by atoms with Gasteiger partial charge in [-0.05, 0) is 35.9 Å². The predicted octanol–water partition coefficient (Wildman–Crippen LogP) is 5.27. The van der Waals surface area contributed by atoms with Crippen molar-refractivity contribution < 1.29 is 8.91 Å². The highest BCUT2D eigenvalue weighted by Crippen LogP contribution is 2.28. The van der Waals surface area contributed by atoms with E-state index in [-0.39, 0.29) is 16.7 Å². The third-order valence-electron chi connectivity index (χ3n) is 2.91. The van der Waals surface area contributed by atoms with Crippen LogP contribution in [0.3, 0.4) is 0 Å². The van der Waals surface area contributed by atoms with Gasteiger partial charge in [0, 0.05) is 5.56 Å². The van der Waals surface area contributed by atoms with Crippen molar-refractivity contribution in [1.82, 2.24) is 10.1 Å². The van der Waals surface area contributed by atoms with Crippen molar-refractivity contribution in [1.29, 1.82) is 0 Å². The molecule has 3 aromatic rings. The van der Waals surface area contributed by atoms with Crippen molar-refractivity contribution in [2.75, 3.05) is 0 Å². The molecule has 0 N–H and O–H groups in total. The minimum atomic E-state index is -0.313. The number of hydrogen-bond donors (Lipinski definition) is 0. The van der Waals surface area contributed by atoms with Gasteiger partial charge in [0.1, 0.15) is 10.8 Å². The lowest BCUT2D eigenvalue weighted by molar-refractivity contribution is 0.410. The molecule has 2 aromatic carbocycles. The zero-order valence-electron chi connectivity index (χ0n) is 11.1. The molecule has 0 spiro atoms. The van der Waals surface area contributed by atoms with E-state index in [0.29, 0.717) is 16.4 Å². The third-order valence-corrected chi connectivity index (χ3v) is 3.51. The lowest BCUT2D eigenvalue weighted by Gasteiger charge is -1.96. The van der Waals surface area contributed by atoms with E-state index >= 15 is 0 Å². The molecule has 1 heterocycles. The molecule has 0 fully saturated rings. The standard InChI is InChI=1S/C16H9Cl2FN2O/c17-13-4-2-1-3-12(13)15-20-16(22-21-15)14(18)9-10-5-7-11(19)8-6-10/h1-9H/b14-9-. The molecule has 0 amide bonds. The fraction of sp³-hybridized carbons (Fsp3) is 0. The molecule has 0 unspecified atom stereocenters. The summed E-state index contributed by atoms with van der Waals surface area (Å²) >= 11 is 12.2. The first-order valence-electron chi connectivity index (χ1n) is 6.35. The second kappa shape index (κ2) is 6.30. The number of nitrogens with zero attached hydrogens (tertiary/aromatic N) is 2. The van der Waals surface area contributed by atoms with E-state index in [1.54, 1.807) is 30.3 Å². The number of rotatable bonds is 3. The first-order chi connectivity index (χ1) is 10.6. The van der Waals surface area contributed by atoms with Crippen LogP contribution in [0, 0.1) is 5.82 Å². The smallest absolute Gasteiger partial charge is 0.269 e. The fourth-order valence-electron chi connectivity index (χ4n) is 1.84. The van der Waals surface area contributed by atoms with E-state index in [9.17, 15) is 4.39 Å². The van der Waals surface area contributed by atoms with Gasteiger partial charge in [0.2, 0.25) is 5.82 Å². The summed E-state index contributed by atoms with van der Waals surface area (Å²) in [6.45, 7) is 0. The first kappa shape index (κ1) is 14.8. The molecule has 0 atom stereocenters. The number of hydrogen-bond acceptors (Lipinski definition) is 3. The molecule has 6 heteroatoms. The van der Waals surface area contributed by atoms with Gasteiger partial charge in [-0.1, -0.05) is 52.6 Å². The van der Waals surface area contributed by atoms with Crippen molar-refractivity contribution in [2.45, 2.75) is 0 Å². The van der Waals surface area contributed by atoms with E-state index in [1.807, 2.05) is 12.1 Å². The van der Waals surface area contributed by atoms with Crippen LogP contribution in [0.2, 0.25) is 5.02 Å². The number of aromatic nitrogens is 2. The first-order valence-corrected chi connectivity index (χ1v) is 7.11. The zero-order chi connectivity index (χ0) is 15.5. The summed E-state index contributed by atoms with van der Waals surface area (Å²) in [4.78, 5) is 4.22. The van der Waals surface area contributed by atoms with Crippen molar-refractivity contribution in [3.63, 3.8) is 0 Å². The summed E-state index contributed by atoms with van der Waals surface area (Å²) in [7, 11) is 0. The largest absolute Gasteiger partial charge is 0.333 e. The molecule has 3 nitrogen and oxygen atoms in total. The van der Waals surface area contributed by atoms with Crippen LogP contribution in [0.1, 0.15) is 11.5 Å². The van der Waals surface area contributed by atoms with Gasteiger partial charge in [0.15, 0.2) is 0 Å². The Balaban J connectivity index is 1.90. The second-order valence-corrected chi connectivity index (χ2v) is 5.26. The minimum Gasteiger partial charge on any atom is -0.333 e. The molecule has 0 saturated heterocycles. The van der Waals surface area contributed by atoms with Gasteiger partial charge in [-0.3, -0.25) is 0 Å². The van der Waals surface area contributed by atoms with Crippen LogP contribution in [0.25, 0.3) is 22.5 Å². The molecule has 0 saturated carbocycles. The quantitative estimate of drug-likeness (QED) is 0.655. The van der Waals surface area contributed by atoms with Crippen LogP contribution in [0.4, 0.5) is 4.39 Å². The maximum atomic E-state index is 12.9. The van der Waals surface area contributed by atoms with Gasteiger partial charge in [0.25, 0.3) is 5.89 Å². The summed E-state index contributed by atoms with van der Waals surface area (Å²) in [5.41, 5.74) is 1.38. The van der Waals surface area contributed by atoms with E-state index in [0.717, 1.165) is 5.56 Å². The van der Waals surface area contributed by atoms with Crippen LogP contribution < -0.4 is 0 Å². The molecular weight excluding hydrogens is 326 g/mol. The molecule has 0 aliphatic carbocycles. The number of benzene rings is 2. The van der Waals surface area contributed by atoms with E-state index in [1.165, 1.54) is 12.1 Å². The normalized spacial score (nSPS) is 11.7. The highest BCUT2D eigenvalue weighted by molar-refractivity contribution is 6.50.